The fourth-order valence-electron chi connectivity index (χ4n) is 2.10. The number of nitrogens with zero attached hydrogens (tertiary/aromatic N) is 1. The monoisotopic (exact) mass is 243 g/mol. The molecule has 2 aliphatic rings. The smallest absolute Gasteiger partial charge is 0.410 e. The molecule has 0 bridgehead atoms. The van der Waals surface area contributed by atoms with Gasteiger partial charge in [-0.15, -0.1) is 0 Å². The number of carboxylic acid groups (broad SMARTS) is 1. The second-order valence-corrected chi connectivity index (χ2v) is 5.36. The van der Waals surface area contributed by atoms with Crippen molar-refractivity contribution in [2.45, 2.75) is 38.5 Å². The van der Waals surface area contributed by atoms with E-state index in [-0.39, 0.29) is 12.1 Å². The number of rotatable bonds is 1. The SMILES string of the molecule is CC(C)(C)OC(=O)N1CCOC2C(C(=O)O)C21. The number of ether oxygens (including phenoxy) is 2. The highest BCUT2D eigenvalue weighted by molar-refractivity contribution is 5.79. The molecule has 1 saturated carbocycles. The quantitative estimate of drug-likeness (QED) is 0.733. The van der Waals surface area contributed by atoms with E-state index in [2.05, 4.69) is 0 Å². The van der Waals surface area contributed by atoms with Crippen LogP contribution in [0.5, 0.6) is 0 Å². The van der Waals surface area contributed by atoms with E-state index in [0.717, 1.165) is 0 Å². The number of morpholine rings is 1. The van der Waals surface area contributed by atoms with E-state index >= 15 is 0 Å². The van der Waals surface area contributed by atoms with Crippen LogP contribution in [0, 0.1) is 5.92 Å². The molecule has 3 unspecified atom stereocenters. The summed E-state index contributed by atoms with van der Waals surface area (Å²) in [5.74, 6) is -1.53. The molecule has 1 aliphatic carbocycles. The van der Waals surface area contributed by atoms with Crippen LogP contribution in [0.1, 0.15) is 20.8 Å². The van der Waals surface area contributed by atoms with E-state index in [1.807, 2.05) is 0 Å². The molecule has 1 heterocycles. The van der Waals surface area contributed by atoms with Gasteiger partial charge >= 0.3 is 12.1 Å². The van der Waals surface area contributed by atoms with Crippen LogP contribution in [0.2, 0.25) is 0 Å². The molecule has 1 aliphatic heterocycles. The molecule has 1 saturated heterocycles. The summed E-state index contributed by atoms with van der Waals surface area (Å²) >= 11 is 0. The van der Waals surface area contributed by atoms with Crippen molar-refractivity contribution in [1.29, 1.82) is 0 Å². The first-order valence-electron chi connectivity index (χ1n) is 5.65. The predicted molar refractivity (Wildman–Crippen MR) is 57.6 cm³/mol. The van der Waals surface area contributed by atoms with Gasteiger partial charge in [0.1, 0.15) is 11.5 Å². The Hall–Kier alpha value is -1.30. The Bertz CT molecular complexity index is 348. The topological polar surface area (TPSA) is 76.1 Å². The molecular formula is C11H17NO5. The van der Waals surface area contributed by atoms with Gasteiger partial charge in [0.2, 0.25) is 0 Å². The van der Waals surface area contributed by atoms with E-state index < -0.39 is 23.6 Å². The Balaban J connectivity index is 2.02. The largest absolute Gasteiger partial charge is 0.481 e. The first-order chi connectivity index (χ1) is 7.81. The highest BCUT2D eigenvalue weighted by Crippen LogP contribution is 2.42. The highest BCUT2D eigenvalue weighted by Gasteiger charge is 2.63. The summed E-state index contributed by atoms with van der Waals surface area (Å²) in [5, 5.41) is 8.96. The van der Waals surface area contributed by atoms with E-state index in [4.69, 9.17) is 14.6 Å². The minimum Gasteiger partial charge on any atom is -0.481 e. The number of fused-ring (bicyclic) bond motifs is 1. The summed E-state index contributed by atoms with van der Waals surface area (Å²) in [6.45, 7) is 6.10. The van der Waals surface area contributed by atoms with Gasteiger partial charge < -0.3 is 14.6 Å². The number of carboxylic acids is 1. The van der Waals surface area contributed by atoms with Crippen molar-refractivity contribution in [3.05, 3.63) is 0 Å². The lowest BCUT2D eigenvalue weighted by Gasteiger charge is -2.29. The van der Waals surface area contributed by atoms with Crippen LogP contribution in [0.15, 0.2) is 0 Å². The van der Waals surface area contributed by atoms with Crippen LogP contribution in [-0.4, -0.2) is 53.0 Å². The zero-order valence-corrected chi connectivity index (χ0v) is 10.2. The Morgan fingerprint density at radius 2 is 2.06 bits per heavy atom. The first-order valence-corrected chi connectivity index (χ1v) is 5.65. The van der Waals surface area contributed by atoms with Gasteiger partial charge in [-0.25, -0.2) is 4.79 Å². The number of carbonyl (C=O) groups excluding carboxylic acids is 1. The molecule has 0 aromatic rings. The molecule has 6 nitrogen and oxygen atoms in total. The average Bonchev–Trinajstić information content (AvgIpc) is 2.87. The molecule has 0 aromatic carbocycles. The zero-order valence-electron chi connectivity index (χ0n) is 10.2. The fraction of sp³-hybridized carbons (Fsp3) is 0.818. The molecule has 96 valence electrons. The molecule has 1 N–H and O–H groups in total. The Labute approximate surface area is 99.5 Å². The maximum atomic E-state index is 11.9. The van der Waals surface area contributed by atoms with Crippen molar-refractivity contribution < 1.29 is 24.2 Å². The summed E-state index contributed by atoms with van der Waals surface area (Å²) in [5.41, 5.74) is -0.571. The van der Waals surface area contributed by atoms with Crippen LogP contribution in [0.3, 0.4) is 0 Å². The number of aliphatic carboxylic acids is 1. The fourth-order valence-corrected chi connectivity index (χ4v) is 2.10. The van der Waals surface area contributed by atoms with Crippen molar-refractivity contribution in [3.63, 3.8) is 0 Å². The average molecular weight is 243 g/mol. The number of hydrogen-bond acceptors (Lipinski definition) is 4. The van der Waals surface area contributed by atoms with Crippen LogP contribution >= 0.6 is 0 Å². The second-order valence-electron chi connectivity index (χ2n) is 5.36. The van der Waals surface area contributed by atoms with Crippen molar-refractivity contribution in [2.75, 3.05) is 13.2 Å². The number of hydrogen-bond donors (Lipinski definition) is 1. The summed E-state index contributed by atoms with van der Waals surface area (Å²) < 4.78 is 10.5. The summed E-state index contributed by atoms with van der Waals surface area (Å²) in [7, 11) is 0. The molecule has 2 rings (SSSR count). The normalized spacial score (nSPS) is 31.7. The molecule has 17 heavy (non-hydrogen) atoms. The van der Waals surface area contributed by atoms with E-state index in [0.29, 0.717) is 13.2 Å². The van der Waals surface area contributed by atoms with Crippen LogP contribution in [0.25, 0.3) is 0 Å². The van der Waals surface area contributed by atoms with Crippen molar-refractivity contribution in [2.24, 2.45) is 5.92 Å². The lowest BCUT2D eigenvalue weighted by Crippen LogP contribution is -2.44. The van der Waals surface area contributed by atoms with Gasteiger partial charge in [-0.1, -0.05) is 0 Å². The first kappa shape index (κ1) is 12.2. The summed E-state index contributed by atoms with van der Waals surface area (Å²) in [6, 6.07) is -0.365. The van der Waals surface area contributed by atoms with Gasteiger partial charge in [-0.3, -0.25) is 9.69 Å². The Kier molecular flexibility index (Phi) is 2.77. The van der Waals surface area contributed by atoms with Crippen molar-refractivity contribution in [1.82, 2.24) is 4.90 Å². The third kappa shape index (κ3) is 2.36. The van der Waals surface area contributed by atoms with Crippen molar-refractivity contribution >= 4 is 12.1 Å². The van der Waals surface area contributed by atoms with Crippen LogP contribution in [0.4, 0.5) is 4.79 Å². The van der Waals surface area contributed by atoms with Gasteiger partial charge in [0.15, 0.2) is 0 Å². The minimum atomic E-state index is -0.921. The second kappa shape index (κ2) is 3.87. The van der Waals surface area contributed by atoms with Gasteiger partial charge in [0.05, 0.1) is 18.8 Å². The number of carbonyl (C=O) groups is 2. The standard InChI is InChI=1S/C11H17NO5/c1-11(2,3)17-10(15)12-4-5-16-8-6(7(8)12)9(13)14/h6-8H,4-5H2,1-3H3,(H,13,14). The molecule has 3 atom stereocenters. The number of amides is 1. The maximum absolute atomic E-state index is 11.9. The van der Waals surface area contributed by atoms with Gasteiger partial charge in [-0.2, -0.15) is 0 Å². The maximum Gasteiger partial charge on any atom is 0.410 e. The van der Waals surface area contributed by atoms with Crippen molar-refractivity contribution in [3.8, 4) is 0 Å². The predicted octanol–water partition coefficient (Wildman–Crippen LogP) is 0.705. The third-order valence-corrected chi connectivity index (χ3v) is 2.83. The molecule has 0 aromatic heterocycles. The lowest BCUT2D eigenvalue weighted by atomic mass is 10.2. The van der Waals surface area contributed by atoms with E-state index in [9.17, 15) is 9.59 Å². The van der Waals surface area contributed by atoms with E-state index in [1.54, 1.807) is 20.8 Å². The van der Waals surface area contributed by atoms with Crippen LogP contribution in [-0.2, 0) is 14.3 Å². The molecule has 0 radical (unpaired) electrons. The van der Waals surface area contributed by atoms with E-state index in [1.165, 1.54) is 4.90 Å². The highest BCUT2D eigenvalue weighted by atomic mass is 16.6. The third-order valence-electron chi connectivity index (χ3n) is 2.83. The molecule has 2 fully saturated rings. The summed E-state index contributed by atoms with van der Waals surface area (Å²) in [4.78, 5) is 24.3. The molecular weight excluding hydrogens is 226 g/mol. The molecule has 6 heteroatoms. The molecule has 1 amide bonds. The Morgan fingerprint density at radius 3 is 2.59 bits per heavy atom. The summed E-state index contributed by atoms with van der Waals surface area (Å²) in [6.07, 6.45) is -0.826. The minimum absolute atomic E-state index is 0.365. The van der Waals surface area contributed by atoms with Gasteiger partial charge in [0.25, 0.3) is 0 Å². The lowest BCUT2D eigenvalue weighted by molar-refractivity contribution is -0.139. The van der Waals surface area contributed by atoms with Gasteiger partial charge in [0, 0.05) is 6.54 Å². The van der Waals surface area contributed by atoms with Gasteiger partial charge in [-0.05, 0) is 20.8 Å². The molecule has 0 spiro atoms. The van der Waals surface area contributed by atoms with Crippen LogP contribution < -0.4 is 0 Å². The zero-order chi connectivity index (χ0) is 12.8. The Morgan fingerprint density at radius 1 is 1.41 bits per heavy atom.